The number of imide groups is 1. The number of hydrogen-bond donors (Lipinski definition) is 0. The molecule has 0 saturated carbocycles. The smallest absolute Gasteiger partial charge is 0.269 e. The second-order valence-corrected chi connectivity index (χ2v) is 5.96. The molecule has 0 spiro atoms. The first-order valence-electron chi connectivity index (χ1n) is 8.15. The highest BCUT2D eigenvalue weighted by atomic mass is 19.1. The quantitative estimate of drug-likeness (QED) is 0.383. The van der Waals surface area contributed by atoms with Crippen molar-refractivity contribution < 1.29 is 23.6 Å². The van der Waals surface area contributed by atoms with Gasteiger partial charge in [0.25, 0.3) is 17.5 Å². The normalized spacial score (nSPS) is 12.8. The van der Waals surface area contributed by atoms with E-state index in [0.717, 1.165) is 4.90 Å². The molecule has 0 atom stereocenters. The highest BCUT2D eigenvalue weighted by molar-refractivity contribution is 6.34. The molecule has 0 unspecified atom stereocenters. The van der Waals surface area contributed by atoms with Crippen LogP contribution in [0.4, 0.5) is 15.8 Å². The molecular weight excluding hydrogens is 367 g/mol. The first-order valence-corrected chi connectivity index (χ1v) is 8.15. The summed E-state index contributed by atoms with van der Waals surface area (Å²) in [7, 11) is 0. The van der Waals surface area contributed by atoms with Crippen molar-refractivity contribution in [2.45, 2.75) is 0 Å². The number of non-ortho nitro benzene ring substituents is 1. The largest absolute Gasteiger partial charge is 0.457 e. The first kappa shape index (κ1) is 17.3. The topological polar surface area (TPSA) is 89.7 Å². The van der Waals surface area contributed by atoms with Crippen LogP contribution < -0.4 is 9.64 Å². The maximum atomic E-state index is 14.0. The fourth-order valence-electron chi connectivity index (χ4n) is 2.91. The van der Waals surface area contributed by atoms with E-state index in [4.69, 9.17) is 4.74 Å². The predicted octanol–water partition coefficient (Wildman–Crippen LogP) is 4.33. The molecule has 3 aromatic carbocycles. The van der Waals surface area contributed by atoms with E-state index >= 15 is 0 Å². The van der Waals surface area contributed by atoms with Crippen molar-refractivity contribution in [3.8, 4) is 11.5 Å². The highest BCUT2D eigenvalue weighted by Gasteiger charge is 2.38. The Balaban J connectivity index is 1.64. The van der Waals surface area contributed by atoms with Gasteiger partial charge < -0.3 is 4.74 Å². The molecule has 0 aromatic heterocycles. The molecule has 2 amide bonds. The zero-order valence-electron chi connectivity index (χ0n) is 14.2. The number of para-hydroxylation sites is 1. The van der Waals surface area contributed by atoms with Crippen molar-refractivity contribution in [1.82, 2.24) is 0 Å². The number of hydrogen-bond acceptors (Lipinski definition) is 5. The van der Waals surface area contributed by atoms with E-state index < -0.39 is 22.6 Å². The van der Waals surface area contributed by atoms with E-state index in [0.29, 0.717) is 5.75 Å². The molecule has 138 valence electrons. The van der Waals surface area contributed by atoms with Gasteiger partial charge in [-0.3, -0.25) is 19.7 Å². The zero-order chi connectivity index (χ0) is 19.8. The van der Waals surface area contributed by atoms with Crippen molar-refractivity contribution >= 4 is 23.2 Å². The minimum Gasteiger partial charge on any atom is -0.457 e. The number of fused-ring (bicyclic) bond motifs is 1. The number of nitrogens with zero attached hydrogens (tertiary/aromatic N) is 2. The third kappa shape index (κ3) is 2.86. The van der Waals surface area contributed by atoms with Crippen LogP contribution in [0.5, 0.6) is 11.5 Å². The predicted molar refractivity (Wildman–Crippen MR) is 97.2 cm³/mol. The van der Waals surface area contributed by atoms with Gasteiger partial charge in [-0.15, -0.1) is 0 Å². The second kappa shape index (κ2) is 6.58. The Bertz CT molecular complexity index is 1130. The average molecular weight is 378 g/mol. The van der Waals surface area contributed by atoms with Crippen LogP contribution in [0.25, 0.3) is 0 Å². The number of ether oxygens (including phenoxy) is 1. The maximum Gasteiger partial charge on any atom is 0.269 e. The Morgan fingerprint density at radius 3 is 2.18 bits per heavy atom. The number of anilines is 1. The van der Waals surface area contributed by atoms with E-state index in [9.17, 15) is 24.1 Å². The van der Waals surface area contributed by atoms with E-state index in [2.05, 4.69) is 0 Å². The van der Waals surface area contributed by atoms with Crippen LogP contribution in [-0.2, 0) is 0 Å². The molecule has 3 aromatic rings. The molecule has 8 heteroatoms. The molecule has 7 nitrogen and oxygen atoms in total. The minimum atomic E-state index is -0.681. The van der Waals surface area contributed by atoms with Crippen LogP contribution >= 0.6 is 0 Å². The van der Waals surface area contributed by atoms with Crippen molar-refractivity contribution in [2.75, 3.05) is 4.90 Å². The van der Waals surface area contributed by atoms with Gasteiger partial charge in [0.1, 0.15) is 17.3 Å². The summed E-state index contributed by atoms with van der Waals surface area (Å²) < 4.78 is 19.7. The van der Waals surface area contributed by atoms with Gasteiger partial charge in [0.15, 0.2) is 0 Å². The van der Waals surface area contributed by atoms with Gasteiger partial charge >= 0.3 is 0 Å². The van der Waals surface area contributed by atoms with Crippen LogP contribution in [-0.4, -0.2) is 16.7 Å². The monoisotopic (exact) mass is 378 g/mol. The summed E-state index contributed by atoms with van der Waals surface area (Å²) in [6.45, 7) is 0. The summed E-state index contributed by atoms with van der Waals surface area (Å²) in [5.74, 6) is -1.36. The SMILES string of the molecule is O=C1c2ccc(Oc3ccc([N+](=O)[O-])cc3)cc2C(=O)N1c1ccccc1F. The van der Waals surface area contributed by atoms with Gasteiger partial charge in [0.2, 0.25) is 0 Å². The van der Waals surface area contributed by atoms with E-state index in [-0.39, 0.29) is 28.3 Å². The zero-order valence-corrected chi connectivity index (χ0v) is 14.2. The van der Waals surface area contributed by atoms with E-state index in [1.54, 1.807) is 0 Å². The maximum absolute atomic E-state index is 14.0. The Morgan fingerprint density at radius 2 is 1.50 bits per heavy atom. The van der Waals surface area contributed by atoms with Crippen molar-refractivity contribution in [1.29, 1.82) is 0 Å². The Hall–Kier alpha value is -4.07. The van der Waals surface area contributed by atoms with Gasteiger partial charge in [-0.05, 0) is 42.5 Å². The molecule has 1 aliphatic heterocycles. The number of rotatable bonds is 4. The number of amides is 2. The van der Waals surface area contributed by atoms with Crippen LogP contribution in [0.1, 0.15) is 20.7 Å². The number of halogens is 1. The van der Waals surface area contributed by atoms with Crippen LogP contribution in [0, 0.1) is 15.9 Å². The molecule has 1 aliphatic rings. The molecule has 0 saturated heterocycles. The molecule has 0 bridgehead atoms. The molecule has 0 aliphatic carbocycles. The fraction of sp³-hybridized carbons (Fsp3) is 0. The van der Waals surface area contributed by atoms with Crippen molar-refractivity contribution in [3.63, 3.8) is 0 Å². The van der Waals surface area contributed by atoms with Gasteiger partial charge in [-0.2, -0.15) is 0 Å². The van der Waals surface area contributed by atoms with Gasteiger partial charge in [0, 0.05) is 12.1 Å². The molecule has 0 radical (unpaired) electrons. The number of benzene rings is 3. The number of nitro benzene ring substituents is 1. The number of carbonyl (C=O) groups is 2. The Morgan fingerprint density at radius 1 is 0.857 bits per heavy atom. The highest BCUT2D eigenvalue weighted by Crippen LogP contribution is 2.33. The lowest BCUT2D eigenvalue weighted by atomic mass is 10.1. The van der Waals surface area contributed by atoms with Crippen LogP contribution in [0.2, 0.25) is 0 Å². The lowest BCUT2D eigenvalue weighted by molar-refractivity contribution is -0.384. The number of nitro groups is 1. The van der Waals surface area contributed by atoms with Crippen molar-refractivity contribution in [2.24, 2.45) is 0 Å². The van der Waals surface area contributed by atoms with Crippen molar-refractivity contribution in [3.05, 3.63) is 93.8 Å². The molecule has 1 heterocycles. The lowest BCUT2D eigenvalue weighted by Crippen LogP contribution is -2.30. The van der Waals surface area contributed by atoms with Gasteiger partial charge in [-0.25, -0.2) is 9.29 Å². The Kier molecular flexibility index (Phi) is 4.08. The molecular formula is C20H11FN2O5. The standard InChI is InChI=1S/C20H11FN2O5/c21-17-3-1-2-4-18(17)22-19(24)15-10-9-14(11-16(15)20(22)25)28-13-7-5-12(6-8-13)23(26)27/h1-11H. The molecule has 0 N–H and O–H groups in total. The second-order valence-electron chi connectivity index (χ2n) is 5.96. The minimum absolute atomic E-state index is 0.0809. The summed E-state index contributed by atoms with van der Waals surface area (Å²) in [5, 5.41) is 10.7. The van der Waals surface area contributed by atoms with Gasteiger partial charge in [0.05, 0.1) is 21.7 Å². The molecule has 0 fully saturated rings. The average Bonchev–Trinajstić information content (AvgIpc) is 2.93. The number of carbonyl (C=O) groups excluding carboxylic acids is 2. The summed E-state index contributed by atoms with van der Waals surface area (Å²) in [6.07, 6.45) is 0. The third-order valence-electron chi connectivity index (χ3n) is 4.23. The van der Waals surface area contributed by atoms with Gasteiger partial charge in [-0.1, -0.05) is 12.1 Å². The summed E-state index contributed by atoms with van der Waals surface area (Å²) in [6, 6.07) is 15.2. The summed E-state index contributed by atoms with van der Waals surface area (Å²) in [4.78, 5) is 36.2. The lowest BCUT2D eigenvalue weighted by Gasteiger charge is -2.14. The molecule has 28 heavy (non-hydrogen) atoms. The molecule has 4 rings (SSSR count). The van der Waals surface area contributed by atoms with Crippen LogP contribution in [0.15, 0.2) is 66.7 Å². The van der Waals surface area contributed by atoms with E-state index in [1.165, 1.54) is 66.7 Å². The first-order chi connectivity index (χ1) is 13.5. The Labute approximate surface area is 157 Å². The van der Waals surface area contributed by atoms with E-state index in [1.807, 2.05) is 0 Å². The summed E-state index contributed by atoms with van der Waals surface area (Å²) >= 11 is 0. The summed E-state index contributed by atoms with van der Waals surface area (Å²) in [5.41, 5.74) is 0.0334. The third-order valence-corrected chi connectivity index (χ3v) is 4.23. The fourth-order valence-corrected chi connectivity index (χ4v) is 2.91. The van der Waals surface area contributed by atoms with Crippen LogP contribution in [0.3, 0.4) is 0 Å².